The van der Waals surface area contributed by atoms with E-state index in [2.05, 4.69) is 24.8 Å². The van der Waals surface area contributed by atoms with Crippen molar-refractivity contribution < 1.29 is 13.5 Å². The van der Waals surface area contributed by atoms with Crippen LogP contribution in [0.3, 0.4) is 0 Å². The van der Waals surface area contributed by atoms with Crippen molar-refractivity contribution in [3.63, 3.8) is 0 Å². The van der Waals surface area contributed by atoms with E-state index in [0.717, 1.165) is 11.9 Å². The van der Waals surface area contributed by atoms with Crippen LogP contribution in [0.25, 0.3) is 17.5 Å². The number of nitrogens with two attached hydrogens (primary N) is 1. The summed E-state index contributed by atoms with van der Waals surface area (Å²) in [6, 6.07) is 1.82. The van der Waals surface area contributed by atoms with E-state index in [1.54, 1.807) is 6.20 Å². The summed E-state index contributed by atoms with van der Waals surface area (Å²) in [4.78, 5) is 17.7. The van der Waals surface area contributed by atoms with Crippen molar-refractivity contribution in [2.45, 2.75) is 12.5 Å². The maximum Gasteiger partial charge on any atom is 0.279 e. The average Bonchev–Trinajstić information content (AvgIpc) is 3.15. The van der Waals surface area contributed by atoms with Gasteiger partial charge in [0.2, 0.25) is 0 Å². The number of anilines is 1. The highest BCUT2D eigenvalue weighted by atomic mass is 19.3. The standard InChI is InChI=1S/C16H19F2N7O/c17-16(18)11(20)1-2-14-21-7-13(24-14)12-5-15(23-9-22-12)25-3-4-26-10(6-19)8-25/h1-2,5,7,9-10,16,20H,3-4,6,8,19H2,(H,21,24)/b2-1-,20-11?. The Balaban J connectivity index is 1.75. The van der Waals surface area contributed by atoms with Gasteiger partial charge in [0.15, 0.2) is 0 Å². The van der Waals surface area contributed by atoms with Crippen molar-refractivity contribution in [1.82, 2.24) is 19.9 Å². The molecular formula is C16H19F2N7O. The lowest BCUT2D eigenvalue weighted by atomic mass is 10.2. The van der Waals surface area contributed by atoms with E-state index in [-0.39, 0.29) is 6.10 Å². The number of ether oxygens (including phenoxy) is 1. The first-order valence-electron chi connectivity index (χ1n) is 8.05. The van der Waals surface area contributed by atoms with Crippen LogP contribution in [0.4, 0.5) is 14.6 Å². The van der Waals surface area contributed by atoms with E-state index in [9.17, 15) is 8.78 Å². The highest BCUT2D eigenvalue weighted by Crippen LogP contribution is 2.21. The smallest absolute Gasteiger partial charge is 0.279 e. The van der Waals surface area contributed by atoms with Crippen LogP contribution in [0.5, 0.6) is 0 Å². The number of H-pyrrole nitrogens is 1. The molecule has 8 nitrogen and oxygen atoms in total. The number of alkyl halides is 2. The number of halogens is 2. The number of morpholine rings is 1. The monoisotopic (exact) mass is 363 g/mol. The predicted octanol–water partition coefficient (Wildman–Crippen LogP) is 1.33. The van der Waals surface area contributed by atoms with Gasteiger partial charge >= 0.3 is 0 Å². The van der Waals surface area contributed by atoms with Gasteiger partial charge in [0.25, 0.3) is 6.43 Å². The fourth-order valence-electron chi connectivity index (χ4n) is 2.53. The largest absolute Gasteiger partial charge is 0.373 e. The summed E-state index contributed by atoms with van der Waals surface area (Å²) in [5.74, 6) is 1.11. The van der Waals surface area contributed by atoms with E-state index in [0.29, 0.717) is 43.5 Å². The highest BCUT2D eigenvalue weighted by Gasteiger charge is 2.21. The zero-order valence-electron chi connectivity index (χ0n) is 13.9. The van der Waals surface area contributed by atoms with Gasteiger partial charge in [-0.05, 0) is 12.2 Å². The summed E-state index contributed by atoms with van der Waals surface area (Å²) in [6.07, 6.45) is 2.51. The van der Waals surface area contributed by atoms with Crippen LogP contribution >= 0.6 is 0 Å². The molecule has 0 radical (unpaired) electrons. The molecule has 3 rings (SSSR count). The van der Waals surface area contributed by atoms with Crippen LogP contribution in [0.1, 0.15) is 5.82 Å². The minimum atomic E-state index is -2.81. The number of rotatable bonds is 6. The van der Waals surface area contributed by atoms with Gasteiger partial charge in [-0.3, -0.25) is 5.41 Å². The average molecular weight is 363 g/mol. The summed E-state index contributed by atoms with van der Waals surface area (Å²) in [5.41, 5.74) is 6.15. The van der Waals surface area contributed by atoms with Crippen molar-refractivity contribution in [2.75, 3.05) is 31.1 Å². The predicted molar refractivity (Wildman–Crippen MR) is 93.4 cm³/mol. The molecule has 1 fully saturated rings. The topological polar surface area (TPSA) is 117 Å². The fourth-order valence-corrected chi connectivity index (χ4v) is 2.53. The van der Waals surface area contributed by atoms with E-state index in [4.69, 9.17) is 15.9 Å². The molecule has 2 aromatic heterocycles. The molecule has 0 aromatic carbocycles. The van der Waals surface area contributed by atoms with Crippen LogP contribution in [-0.4, -0.2) is 64.4 Å². The van der Waals surface area contributed by atoms with E-state index in [1.807, 2.05) is 6.07 Å². The maximum absolute atomic E-state index is 12.3. The summed E-state index contributed by atoms with van der Waals surface area (Å²) in [5, 5.41) is 7.11. The van der Waals surface area contributed by atoms with Gasteiger partial charge in [0.05, 0.1) is 36.0 Å². The Morgan fingerprint density at radius 1 is 1.46 bits per heavy atom. The number of nitrogens with one attached hydrogen (secondary N) is 2. The molecule has 1 atom stereocenters. The summed E-state index contributed by atoms with van der Waals surface area (Å²) < 4.78 is 30.2. The molecule has 1 unspecified atom stereocenters. The van der Waals surface area contributed by atoms with Crippen LogP contribution in [0, 0.1) is 5.41 Å². The fraction of sp³-hybridized carbons (Fsp3) is 0.375. The second kappa shape index (κ2) is 8.11. The quantitative estimate of drug-likeness (QED) is 0.667. The van der Waals surface area contributed by atoms with Crippen molar-refractivity contribution in [2.24, 2.45) is 5.73 Å². The van der Waals surface area contributed by atoms with E-state index in [1.165, 1.54) is 12.4 Å². The van der Waals surface area contributed by atoms with Gasteiger partial charge < -0.3 is 20.4 Å². The Morgan fingerprint density at radius 2 is 2.31 bits per heavy atom. The summed E-state index contributed by atoms with van der Waals surface area (Å²) >= 11 is 0. The zero-order valence-corrected chi connectivity index (χ0v) is 13.9. The summed E-state index contributed by atoms with van der Waals surface area (Å²) in [7, 11) is 0. The number of allylic oxidation sites excluding steroid dienone is 1. The van der Waals surface area contributed by atoms with Gasteiger partial charge in [-0.25, -0.2) is 23.7 Å². The Labute approximate surface area is 148 Å². The number of nitrogens with zero attached hydrogens (tertiary/aromatic N) is 4. The third kappa shape index (κ3) is 4.27. The Morgan fingerprint density at radius 3 is 3.08 bits per heavy atom. The zero-order chi connectivity index (χ0) is 18.5. The highest BCUT2D eigenvalue weighted by molar-refractivity contribution is 5.97. The first-order chi connectivity index (χ1) is 12.6. The van der Waals surface area contributed by atoms with Gasteiger partial charge in [0.1, 0.15) is 18.0 Å². The Hall–Kier alpha value is -2.72. The number of aromatic amines is 1. The van der Waals surface area contributed by atoms with Crippen LogP contribution in [0.2, 0.25) is 0 Å². The molecule has 0 saturated carbocycles. The molecule has 26 heavy (non-hydrogen) atoms. The molecule has 138 valence electrons. The minimum absolute atomic E-state index is 0.0313. The molecule has 1 aliphatic rings. The first-order valence-corrected chi connectivity index (χ1v) is 8.05. The second-order valence-electron chi connectivity index (χ2n) is 5.71. The number of hydrogen-bond acceptors (Lipinski definition) is 7. The maximum atomic E-state index is 12.3. The molecule has 4 N–H and O–H groups in total. The molecular weight excluding hydrogens is 344 g/mol. The lowest BCUT2D eigenvalue weighted by Gasteiger charge is -2.33. The third-order valence-electron chi connectivity index (χ3n) is 3.91. The molecule has 0 aliphatic carbocycles. The molecule has 0 amide bonds. The molecule has 2 aromatic rings. The molecule has 0 bridgehead atoms. The molecule has 0 spiro atoms. The SMILES string of the molecule is N=C(/C=C\c1ncc(-c2cc(N3CCOC(CN)C3)ncn2)[nH]1)C(F)F. The number of hydrogen-bond donors (Lipinski definition) is 3. The number of imidazole rings is 1. The van der Waals surface area contributed by atoms with Crippen molar-refractivity contribution >= 4 is 17.6 Å². The Kier molecular flexibility index (Phi) is 5.64. The van der Waals surface area contributed by atoms with Crippen molar-refractivity contribution in [3.05, 3.63) is 30.5 Å². The second-order valence-corrected chi connectivity index (χ2v) is 5.71. The minimum Gasteiger partial charge on any atom is -0.373 e. The molecule has 1 saturated heterocycles. The van der Waals surface area contributed by atoms with Gasteiger partial charge in [0, 0.05) is 25.7 Å². The lowest BCUT2D eigenvalue weighted by Crippen LogP contribution is -2.46. The molecule has 1 aliphatic heterocycles. The lowest BCUT2D eigenvalue weighted by molar-refractivity contribution is 0.0463. The number of aromatic nitrogens is 4. The first kappa shape index (κ1) is 18.1. The van der Waals surface area contributed by atoms with Crippen LogP contribution in [-0.2, 0) is 4.74 Å². The normalized spacial score (nSPS) is 18.0. The third-order valence-corrected chi connectivity index (χ3v) is 3.91. The van der Waals surface area contributed by atoms with Crippen LogP contribution in [0.15, 0.2) is 24.7 Å². The van der Waals surface area contributed by atoms with E-state index < -0.39 is 12.1 Å². The van der Waals surface area contributed by atoms with Crippen molar-refractivity contribution in [1.29, 1.82) is 5.41 Å². The van der Waals surface area contributed by atoms with Crippen LogP contribution < -0.4 is 10.6 Å². The van der Waals surface area contributed by atoms with Gasteiger partial charge in [-0.1, -0.05) is 0 Å². The Bertz CT molecular complexity index is 792. The van der Waals surface area contributed by atoms with Crippen molar-refractivity contribution in [3.8, 4) is 11.4 Å². The molecule has 10 heteroatoms. The van der Waals surface area contributed by atoms with Gasteiger partial charge in [-0.15, -0.1) is 0 Å². The van der Waals surface area contributed by atoms with E-state index >= 15 is 0 Å². The molecule has 3 heterocycles. The van der Waals surface area contributed by atoms with Gasteiger partial charge in [-0.2, -0.15) is 0 Å². The summed E-state index contributed by atoms with van der Waals surface area (Å²) in [6.45, 7) is 2.38.